The van der Waals surface area contributed by atoms with Crippen LogP contribution in [0.15, 0.2) is 47.1 Å². The summed E-state index contributed by atoms with van der Waals surface area (Å²) in [4.78, 5) is 0. The monoisotopic (exact) mass is 261 g/mol. The predicted octanol–water partition coefficient (Wildman–Crippen LogP) is 4.10. The molecule has 0 saturated heterocycles. The first kappa shape index (κ1) is 11.8. The standard InChI is InChI=1S/C15H16ClNO/c16-13-6-4-12(5-7-13)15(8-2-9-15)17-11-14-3-1-10-18-14/h1,3-7,10,17H,2,8-9,11H2. The first-order valence-electron chi connectivity index (χ1n) is 6.32. The first-order valence-corrected chi connectivity index (χ1v) is 6.70. The van der Waals surface area contributed by atoms with E-state index in [4.69, 9.17) is 16.0 Å². The zero-order valence-electron chi connectivity index (χ0n) is 10.2. The molecule has 0 unspecified atom stereocenters. The summed E-state index contributed by atoms with van der Waals surface area (Å²) in [6.07, 6.45) is 5.34. The van der Waals surface area contributed by atoms with Crippen LogP contribution in [0.2, 0.25) is 5.02 Å². The van der Waals surface area contributed by atoms with Gasteiger partial charge < -0.3 is 9.73 Å². The van der Waals surface area contributed by atoms with Gasteiger partial charge in [0.15, 0.2) is 0 Å². The maximum atomic E-state index is 5.95. The molecule has 0 atom stereocenters. The highest BCUT2D eigenvalue weighted by Gasteiger charge is 2.38. The lowest BCUT2D eigenvalue weighted by molar-refractivity contribution is 0.178. The SMILES string of the molecule is Clc1ccc(C2(NCc3ccco3)CCC2)cc1. The second kappa shape index (κ2) is 4.79. The van der Waals surface area contributed by atoms with Crippen molar-refractivity contribution in [3.63, 3.8) is 0 Å². The molecule has 3 heteroatoms. The molecule has 1 aromatic carbocycles. The molecule has 0 amide bonds. The van der Waals surface area contributed by atoms with Crippen LogP contribution in [-0.4, -0.2) is 0 Å². The molecule has 1 saturated carbocycles. The number of furan rings is 1. The molecule has 2 nitrogen and oxygen atoms in total. The zero-order chi connectivity index (χ0) is 12.4. The maximum Gasteiger partial charge on any atom is 0.117 e. The van der Waals surface area contributed by atoms with Gasteiger partial charge in [0.25, 0.3) is 0 Å². The Bertz CT molecular complexity index is 500. The average Bonchev–Trinajstić information content (AvgIpc) is 2.83. The summed E-state index contributed by atoms with van der Waals surface area (Å²) in [5.41, 5.74) is 1.43. The highest BCUT2D eigenvalue weighted by Crippen LogP contribution is 2.41. The van der Waals surface area contributed by atoms with Gasteiger partial charge in [-0.2, -0.15) is 0 Å². The minimum atomic E-state index is 0.109. The average molecular weight is 262 g/mol. The van der Waals surface area contributed by atoms with Gasteiger partial charge in [0.2, 0.25) is 0 Å². The van der Waals surface area contributed by atoms with Crippen molar-refractivity contribution >= 4 is 11.6 Å². The fourth-order valence-corrected chi connectivity index (χ4v) is 2.66. The normalized spacial score (nSPS) is 17.4. The topological polar surface area (TPSA) is 25.2 Å². The molecule has 1 aliphatic rings. The Balaban J connectivity index is 1.75. The van der Waals surface area contributed by atoms with E-state index in [0.717, 1.165) is 17.3 Å². The van der Waals surface area contributed by atoms with Crippen molar-refractivity contribution in [2.24, 2.45) is 0 Å². The second-order valence-electron chi connectivity index (χ2n) is 4.88. The summed E-state index contributed by atoms with van der Waals surface area (Å²) in [5, 5.41) is 4.42. The molecule has 2 aromatic rings. The van der Waals surface area contributed by atoms with Crippen molar-refractivity contribution in [3.8, 4) is 0 Å². The molecule has 1 fully saturated rings. The molecular formula is C15H16ClNO. The molecule has 0 aliphatic heterocycles. The van der Waals surface area contributed by atoms with E-state index < -0.39 is 0 Å². The molecule has 1 N–H and O–H groups in total. The molecule has 1 aromatic heterocycles. The number of hydrogen-bond donors (Lipinski definition) is 1. The van der Waals surface area contributed by atoms with Crippen molar-refractivity contribution in [2.75, 3.05) is 0 Å². The van der Waals surface area contributed by atoms with Crippen LogP contribution in [0.4, 0.5) is 0 Å². The quantitative estimate of drug-likeness (QED) is 0.896. The van der Waals surface area contributed by atoms with Crippen molar-refractivity contribution in [1.82, 2.24) is 5.32 Å². The third-order valence-electron chi connectivity index (χ3n) is 3.79. The van der Waals surface area contributed by atoms with Crippen LogP contribution in [0, 0.1) is 0 Å². The van der Waals surface area contributed by atoms with E-state index in [2.05, 4.69) is 17.4 Å². The van der Waals surface area contributed by atoms with Crippen LogP contribution in [0.25, 0.3) is 0 Å². The van der Waals surface area contributed by atoms with Crippen molar-refractivity contribution in [1.29, 1.82) is 0 Å². The van der Waals surface area contributed by atoms with E-state index in [9.17, 15) is 0 Å². The van der Waals surface area contributed by atoms with E-state index in [0.29, 0.717) is 0 Å². The molecule has 94 valence electrons. The van der Waals surface area contributed by atoms with Crippen LogP contribution in [0.5, 0.6) is 0 Å². The molecule has 1 aliphatic carbocycles. The maximum absolute atomic E-state index is 5.95. The third kappa shape index (κ3) is 2.18. The fraction of sp³-hybridized carbons (Fsp3) is 0.333. The summed E-state index contributed by atoms with van der Waals surface area (Å²) in [6, 6.07) is 12.1. The molecule has 0 radical (unpaired) electrons. The van der Waals surface area contributed by atoms with Gasteiger partial charge in [-0.25, -0.2) is 0 Å². The van der Waals surface area contributed by atoms with Crippen molar-refractivity contribution in [2.45, 2.75) is 31.3 Å². The molecular weight excluding hydrogens is 246 g/mol. The van der Waals surface area contributed by atoms with E-state index in [-0.39, 0.29) is 5.54 Å². The number of rotatable bonds is 4. The van der Waals surface area contributed by atoms with E-state index in [1.165, 1.54) is 24.8 Å². The summed E-state index contributed by atoms with van der Waals surface area (Å²) < 4.78 is 5.37. The Labute approximate surface area is 112 Å². The lowest BCUT2D eigenvalue weighted by atomic mass is 9.72. The van der Waals surface area contributed by atoms with E-state index in [1.807, 2.05) is 24.3 Å². The van der Waals surface area contributed by atoms with Gasteiger partial charge in [-0.15, -0.1) is 0 Å². The fourth-order valence-electron chi connectivity index (χ4n) is 2.54. The number of halogens is 1. The van der Waals surface area contributed by atoms with Gasteiger partial charge in [-0.3, -0.25) is 0 Å². The van der Waals surface area contributed by atoms with Crippen LogP contribution in [0.3, 0.4) is 0 Å². The summed E-state index contributed by atoms with van der Waals surface area (Å²) in [5.74, 6) is 0.982. The molecule has 1 heterocycles. The van der Waals surface area contributed by atoms with Gasteiger partial charge >= 0.3 is 0 Å². The highest BCUT2D eigenvalue weighted by atomic mass is 35.5. The minimum Gasteiger partial charge on any atom is -0.468 e. The Morgan fingerprint density at radius 2 is 1.94 bits per heavy atom. The van der Waals surface area contributed by atoms with Gasteiger partial charge in [0, 0.05) is 10.6 Å². The Kier molecular flexibility index (Phi) is 3.14. The van der Waals surface area contributed by atoms with Crippen molar-refractivity contribution < 1.29 is 4.42 Å². The van der Waals surface area contributed by atoms with Crippen LogP contribution in [0.1, 0.15) is 30.6 Å². The minimum absolute atomic E-state index is 0.109. The first-order chi connectivity index (χ1) is 8.78. The lowest BCUT2D eigenvalue weighted by Crippen LogP contribution is -2.47. The summed E-state index contributed by atoms with van der Waals surface area (Å²) in [7, 11) is 0. The summed E-state index contributed by atoms with van der Waals surface area (Å²) in [6.45, 7) is 0.773. The Hall–Kier alpha value is -1.25. The Morgan fingerprint density at radius 1 is 1.17 bits per heavy atom. The number of nitrogens with one attached hydrogen (secondary N) is 1. The second-order valence-corrected chi connectivity index (χ2v) is 5.31. The lowest BCUT2D eigenvalue weighted by Gasteiger charge is -2.43. The van der Waals surface area contributed by atoms with Crippen LogP contribution >= 0.6 is 11.6 Å². The van der Waals surface area contributed by atoms with Gasteiger partial charge in [0.1, 0.15) is 5.76 Å². The summed E-state index contributed by atoms with van der Waals surface area (Å²) >= 11 is 5.95. The third-order valence-corrected chi connectivity index (χ3v) is 4.04. The zero-order valence-corrected chi connectivity index (χ0v) is 10.9. The largest absolute Gasteiger partial charge is 0.468 e. The molecule has 3 rings (SSSR count). The van der Waals surface area contributed by atoms with Crippen LogP contribution < -0.4 is 5.32 Å². The van der Waals surface area contributed by atoms with Crippen molar-refractivity contribution in [3.05, 3.63) is 59.0 Å². The number of benzene rings is 1. The molecule has 18 heavy (non-hydrogen) atoms. The van der Waals surface area contributed by atoms with Gasteiger partial charge in [-0.05, 0) is 49.1 Å². The van der Waals surface area contributed by atoms with E-state index in [1.54, 1.807) is 6.26 Å². The molecule has 0 bridgehead atoms. The Morgan fingerprint density at radius 3 is 2.50 bits per heavy atom. The van der Waals surface area contributed by atoms with Crippen LogP contribution in [-0.2, 0) is 12.1 Å². The highest BCUT2D eigenvalue weighted by molar-refractivity contribution is 6.30. The number of hydrogen-bond acceptors (Lipinski definition) is 2. The smallest absolute Gasteiger partial charge is 0.117 e. The van der Waals surface area contributed by atoms with Gasteiger partial charge in [0.05, 0.1) is 12.8 Å². The molecule has 0 spiro atoms. The van der Waals surface area contributed by atoms with E-state index >= 15 is 0 Å². The van der Waals surface area contributed by atoms with Gasteiger partial charge in [-0.1, -0.05) is 23.7 Å². The predicted molar refractivity (Wildman–Crippen MR) is 72.5 cm³/mol.